The average molecular weight is 344 g/mol. The van der Waals surface area contributed by atoms with Crippen LogP contribution < -0.4 is 11.3 Å². The quantitative estimate of drug-likeness (QED) is 0.648. The van der Waals surface area contributed by atoms with Crippen LogP contribution >= 0.6 is 27.5 Å². The highest BCUT2D eigenvalue weighted by Crippen LogP contribution is 2.26. The Hall–Kier alpha value is -0.880. The van der Waals surface area contributed by atoms with Crippen LogP contribution in [0.2, 0.25) is 5.02 Å². The molecule has 0 saturated carbocycles. The monoisotopic (exact) mass is 342 g/mol. The fourth-order valence-electron chi connectivity index (χ4n) is 2.10. The summed E-state index contributed by atoms with van der Waals surface area (Å²) in [5.41, 5.74) is 5.03. The van der Waals surface area contributed by atoms with Crippen molar-refractivity contribution < 1.29 is 0 Å². The van der Waals surface area contributed by atoms with Gasteiger partial charge in [0.25, 0.3) is 0 Å². The molecule has 0 aliphatic rings. The molecule has 2 aromatic rings. The van der Waals surface area contributed by atoms with E-state index in [2.05, 4.69) is 33.4 Å². The molecule has 1 unspecified atom stereocenters. The van der Waals surface area contributed by atoms with Crippen LogP contribution in [0.3, 0.4) is 0 Å². The summed E-state index contributed by atoms with van der Waals surface area (Å²) in [4.78, 5) is 0. The molecule has 0 aliphatic heterocycles. The fraction of sp³-hybridized carbons (Fsp3) is 0.308. The number of nitrogens with two attached hydrogens (primary N) is 1. The van der Waals surface area contributed by atoms with Gasteiger partial charge >= 0.3 is 0 Å². The maximum atomic E-state index is 6.01. The van der Waals surface area contributed by atoms with Crippen molar-refractivity contribution in [3.8, 4) is 0 Å². The number of hydrazine groups is 1. The lowest BCUT2D eigenvalue weighted by atomic mass is 10.0. The number of halogens is 2. The first kappa shape index (κ1) is 14.5. The van der Waals surface area contributed by atoms with E-state index in [4.69, 9.17) is 17.4 Å². The molecule has 0 aliphatic carbocycles. The highest BCUT2D eigenvalue weighted by Gasteiger charge is 2.19. The van der Waals surface area contributed by atoms with Gasteiger partial charge in [-0.15, -0.1) is 0 Å². The van der Waals surface area contributed by atoms with Gasteiger partial charge in [0.1, 0.15) is 0 Å². The van der Waals surface area contributed by atoms with Crippen LogP contribution in [-0.2, 0) is 13.0 Å². The maximum Gasteiger partial charge on any atom is 0.0712 e. The van der Waals surface area contributed by atoms with Crippen LogP contribution in [0.4, 0.5) is 0 Å². The Labute approximate surface area is 126 Å². The second-order valence-electron chi connectivity index (χ2n) is 4.25. The topological polar surface area (TPSA) is 55.9 Å². The Kier molecular flexibility index (Phi) is 4.99. The zero-order chi connectivity index (χ0) is 13.8. The molecule has 4 nitrogen and oxygen atoms in total. The van der Waals surface area contributed by atoms with E-state index in [0.717, 1.165) is 33.7 Å². The van der Waals surface area contributed by atoms with Gasteiger partial charge in [-0.3, -0.25) is 16.0 Å². The summed E-state index contributed by atoms with van der Waals surface area (Å²) in [6, 6.07) is 7.78. The number of aryl methyl sites for hydroxylation is 1. The van der Waals surface area contributed by atoms with Crippen molar-refractivity contribution in [1.29, 1.82) is 0 Å². The van der Waals surface area contributed by atoms with Crippen LogP contribution in [0.1, 0.15) is 24.2 Å². The first-order chi connectivity index (χ1) is 9.15. The second-order valence-corrected chi connectivity index (χ2v) is 5.54. The molecule has 102 valence electrons. The van der Waals surface area contributed by atoms with Gasteiger partial charge in [0.2, 0.25) is 0 Å². The molecule has 19 heavy (non-hydrogen) atoms. The molecule has 3 N–H and O–H groups in total. The Morgan fingerprint density at radius 2 is 2.32 bits per heavy atom. The van der Waals surface area contributed by atoms with Crippen LogP contribution in [0.15, 0.2) is 34.9 Å². The third kappa shape index (κ3) is 3.36. The zero-order valence-electron chi connectivity index (χ0n) is 10.6. The van der Waals surface area contributed by atoms with Gasteiger partial charge in [-0.1, -0.05) is 23.7 Å². The van der Waals surface area contributed by atoms with Crippen LogP contribution in [0.5, 0.6) is 0 Å². The molecule has 2 rings (SSSR count). The summed E-state index contributed by atoms with van der Waals surface area (Å²) in [7, 11) is 0. The number of aromatic nitrogens is 2. The Morgan fingerprint density at radius 3 is 2.95 bits per heavy atom. The summed E-state index contributed by atoms with van der Waals surface area (Å²) in [6.07, 6.45) is 2.54. The molecule has 0 saturated heterocycles. The van der Waals surface area contributed by atoms with Crippen molar-refractivity contribution >= 4 is 27.5 Å². The average Bonchev–Trinajstić information content (AvgIpc) is 2.77. The third-order valence-corrected chi connectivity index (χ3v) is 3.84. The summed E-state index contributed by atoms with van der Waals surface area (Å²) < 4.78 is 2.89. The lowest BCUT2D eigenvalue weighted by molar-refractivity contribution is 0.489. The van der Waals surface area contributed by atoms with E-state index in [9.17, 15) is 0 Å². The first-order valence-corrected chi connectivity index (χ1v) is 7.24. The SMILES string of the molecule is CCn1ncc(Br)c1C(Cc1cccc(Cl)c1)NN. The molecule has 0 amide bonds. The van der Waals surface area contributed by atoms with E-state index in [1.165, 1.54) is 0 Å². The largest absolute Gasteiger partial charge is 0.271 e. The van der Waals surface area contributed by atoms with Gasteiger partial charge < -0.3 is 0 Å². The summed E-state index contributed by atoms with van der Waals surface area (Å²) in [6.45, 7) is 2.85. The molecule has 1 heterocycles. The van der Waals surface area contributed by atoms with Crippen LogP contribution in [0.25, 0.3) is 0 Å². The first-order valence-electron chi connectivity index (χ1n) is 6.07. The maximum absolute atomic E-state index is 6.01. The van der Waals surface area contributed by atoms with Crippen molar-refractivity contribution in [2.75, 3.05) is 0 Å². The number of rotatable bonds is 5. The lowest BCUT2D eigenvalue weighted by Gasteiger charge is -2.18. The number of hydrogen-bond acceptors (Lipinski definition) is 3. The standard InChI is InChI=1S/C13H16BrClN4/c1-2-19-13(11(14)8-17-19)12(18-16)7-9-4-3-5-10(15)6-9/h3-6,8,12,18H,2,7,16H2,1H3. The molecule has 1 aromatic heterocycles. The fourth-order valence-corrected chi connectivity index (χ4v) is 2.89. The number of nitrogens with zero attached hydrogens (tertiary/aromatic N) is 2. The van der Waals surface area contributed by atoms with Crippen molar-refractivity contribution in [2.45, 2.75) is 25.9 Å². The summed E-state index contributed by atoms with van der Waals surface area (Å²) in [5.74, 6) is 5.70. The van der Waals surface area contributed by atoms with Crippen molar-refractivity contribution in [3.05, 3.63) is 51.2 Å². The Bertz CT molecular complexity index is 555. The predicted molar refractivity (Wildman–Crippen MR) is 80.8 cm³/mol. The van der Waals surface area contributed by atoms with E-state index >= 15 is 0 Å². The predicted octanol–water partition coefficient (Wildman–Crippen LogP) is 3.07. The van der Waals surface area contributed by atoms with Gasteiger partial charge in [-0.2, -0.15) is 5.10 Å². The number of hydrogen-bond donors (Lipinski definition) is 2. The minimum atomic E-state index is -0.0182. The van der Waals surface area contributed by atoms with Gasteiger partial charge in [0.05, 0.1) is 22.4 Å². The van der Waals surface area contributed by atoms with Crippen molar-refractivity contribution in [3.63, 3.8) is 0 Å². The summed E-state index contributed by atoms with van der Waals surface area (Å²) in [5, 5.41) is 5.04. The van der Waals surface area contributed by atoms with Gasteiger partial charge in [0.15, 0.2) is 0 Å². The van der Waals surface area contributed by atoms with Gasteiger partial charge in [-0.25, -0.2) is 0 Å². The molecule has 1 atom stereocenters. The molecular formula is C13H16BrClN4. The molecule has 0 radical (unpaired) electrons. The van der Waals surface area contributed by atoms with E-state index in [1.54, 1.807) is 6.20 Å². The highest BCUT2D eigenvalue weighted by atomic mass is 79.9. The zero-order valence-corrected chi connectivity index (χ0v) is 12.9. The second kappa shape index (κ2) is 6.52. The third-order valence-electron chi connectivity index (χ3n) is 2.99. The number of nitrogens with one attached hydrogen (secondary N) is 1. The lowest BCUT2D eigenvalue weighted by Crippen LogP contribution is -2.31. The van der Waals surface area contributed by atoms with Crippen molar-refractivity contribution in [1.82, 2.24) is 15.2 Å². The smallest absolute Gasteiger partial charge is 0.0712 e. The van der Waals surface area contributed by atoms with Crippen LogP contribution in [0, 0.1) is 0 Å². The minimum absolute atomic E-state index is 0.0182. The van der Waals surface area contributed by atoms with E-state index in [-0.39, 0.29) is 6.04 Å². The Balaban J connectivity index is 2.27. The van der Waals surface area contributed by atoms with Gasteiger partial charge in [-0.05, 0) is 47.0 Å². The van der Waals surface area contributed by atoms with Crippen LogP contribution in [-0.4, -0.2) is 9.78 Å². The minimum Gasteiger partial charge on any atom is -0.271 e. The molecule has 6 heteroatoms. The summed E-state index contributed by atoms with van der Waals surface area (Å²) >= 11 is 9.53. The van der Waals surface area contributed by atoms with E-state index in [0.29, 0.717) is 0 Å². The van der Waals surface area contributed by atoms with E-state index in [1.807, 2.05) is 28.9 Å². The van der Waals surface area contributed by atoms with E-state index < -0.39 is 0 Å². The molecule has 0 fully saturated rings. The van der Waals surface area contributed by atoms with Crippen molar-refractivity contribution in [2.24, 2.45) is 5.84 Å². The molecule has 1 aromatic carbocycles. The van der Waals surface area contributed by atoms with Gasteiger partial charge in [0, 0.05) is 11.6 Å². The molecular weight excluding hydrogens is 328 g/mol. The molecule has 0 spiro atoms. The highest BCUT2D eigenvalue weighted by molar-refractivity contribution is 9.10. The molecule has 0 bridgehead atoms. The normalized spacial score (nSPS) is 12.6. The Morgan fingerprint density at radius 1 is 1.53 bits per heavy atom. The number of benzene rings is 1.